The van der Waals surface area contributed by atoms with Crippen molar-refractivity contribution in [2.45, 2.75) is 31.7 Å². The lowest BCUT2D eigenvalue weighted by atomic mass is 10.0. The molecule has 21 heavy (non-hydrogen) atoms. The van der Waals surface area contributed by atoms with Gasteiger partial charge >= 0.3 is 0 Å². The first-order valence-electron chi connectivity index (χ1n) is 8.50. The van der Waals surface area contributed by atoms with Crippen LogP contribution in [0.5, 0.6) is 0 Å². The van der Waals surface area contributed by atoms with Gasteiger partial charge in [0.05, 0.1) is 13.2 Å². The van der Waals surface area contributed by atoms with Gasteiger partial charge in [-0.05, 0) is 31.4 Å². The van der Waals surface area contributed by atoms with Crippen molar-refractivity contribution in [1.82, 2.24) is 9.80 Å². The molecule has 1 aromatic rings. The standard InChI is InChI=1S/C18H28N2O/c1-2-6-17(7-3-1)9-11-20-10-5-4-8-18(20)16-19-12-14-21-15-13-19/h1-3,6-7,18H,4-5,8-16H2. The quantitative estimate of drug-likeness (QED) is 0.827. The van der Waals surface area contributed by atoms with Crippen molar-refractivity contribution in [2.24, 2.45) is 0 Å². The molecular formula is C18H28N2O. The number of benzene rings is 1. The van der Waals surface area contributed by atoms with E-state index in [0.717, 1.165) is 32.3 Å². The molecule has 1 unspecified atom stereocenters. The lowest BCUT2D eigenvalue weighted by Crippen LogP contribution is -2.49. The molecule has 3 rings (SSSR count). The molecule has 0 N–H and O–H groups in total. The zero-order valence-electron chi connectivity index (χ0n) is 13.0. The van der Waals surface area contributed by atoms with E-state index >= 15 is 0 Å². The van der Waals surface area contributed by atoms with Crippen LogP contribution in [0.1, 0.15) is 24.8 Å². The Morgan fingerprint density at radius 2 is 1.81 bits per heavy atom. The van der Waals surface area contributed by atoms with Crippen molar-refractivity contribution in [3.8, 4) is 0 Å². The fourth-order valence-corrected chi connectivity index (χ4v) is 3.56. The van der Waals surface area contributed by atoms with Gasteiger partial charge in [-0.15, -0.1) is 0 Å². The van der Waals surface area contributed by atoms with E-state index in [-0.39, 0.29) is 0 Å². The summed E-state index contributed by atoms with van der Waals surface area (Å²) < 4.78 is 5.47. The minimum Gasteiger partial charge on any atom is -0.379 e. The molecule has 0 aromatic heterocycles. The summed E-state index contributed by atoms with van der Waals surface area (Å²) in [6, 6.07) is 11.7. The first kappa shape index (κ1) is 15.0. The monoisotopic (exact) mass is 288 g/mol. The molecule has 0 bridgehead atoms. The number of rotatable bonds is 5. The Kier molecular flexibility index (Phi) is 5.67. The van der Waals surface area contributed by atoms with Gasteiger partial charge in [-0.3, -0.25) is 9.80 Å². The number of ether oxygens (including phenoxy) is 1. The molecule has 3 nitrogen and oxygen atoms in total. The van der Waals surface area contributed by atoms with Crippen LogP contribution < -0.4 is 0 Å². The van der Waals surface area contributed by atoms with Crippen LogP contribution in [0.2, 0.25) is 0 Å². The highest BCUT2D eigenvalue weighted by atomic mass is 16.5. The summed E-state index contributed by atoms with van der Waals surface area (Å²) in [7, 11) is 0. The number of piperidine rings is 1. The van der Waals surface area contributed by atoms with Gasteiger partial charge in [0.2, 0.25) is 0 Å². The van der Waals surface area contributed by atoms with Crippen molar-refractivity contribution >= 4 is 0 Å². The van der Waals surface area contributed by atoms with Crippen LogP contribution in [0, 0.1) is 0 Å². The molecule has 0 aliphatic carbocycles. The predicted molar refractivity (Wildman–Crippen MR) is 86.6 cm³/mol. The summed E-state index contributed by atoms with van der Waals surface area (Å²) in [5.41, 5.74) is 1.47. The molecule has 2 saturated heterocycles. The Balaban J connectivity index is 1.51. The van der Waals surface area contributed by atoms with E-state index in [1.165, 1.54) is 50.9 Å². The summed E-state index contributed by atoms with van der Waals surface area (Å²) in [5.74, 6) is 0. The summed E-state index contributed by atoms with van der Waals surface area (Å²) >= 11 is 0. The van der Waals surface area contributed by atoms with Crippen molar-refractivity contribution in [3.63, 3.8) is 0 Å². The molecule has 2 aliphatic rings. The van der Waals surface area contributed by atoms with E-state index in [1.807, 2.05) is 0 Å². The minimum atomic E-state index is 0.751. The van der Waals surface area contributed by atoms with Crippen LogP contribution in [0.3, 0.4) is 0 Å². The van der Waals surface area contributed by atoms with E-state index in [1.54, 1.807) is 0 Å². The van der Waals surface area contributed by atoms with E-state index in [4.69, 9.17) is 4.74 Å². The average Bonchev–Trinajstić information content (AvgIpc) is 2.56. The van der Waals surface area contributed by atoms with Crippen molar-refractivity contribution in [2.75, 3.05) is 45.9 Å². The van der Waals surface area contributed by atoms with Crippen LogP contribution in [0.25, 0.3) is 0 Å². The van der Waals surface area contributed by atoms with Crippen molar-refractivity contribution in [3.05, 3.63) is 35.9 Å². The van der Waals surface area contributed by atoms with Gasteiger partial charge in [-0.25, -0.2) is 0 Å². The Labute approximate surface area is 128 Å². The van der Waals surface area contributed by atoms with Crippen LogP contribution in [-0.4, -0.2) is 61.8 Å². The number of hydrogen-bond acceptors (Lipinski definition) is 3. The van der Waals surface area contributed by atoms with Crippen LogP contribution in [-0.2, 0) is 11.2 Å². The third-order valence-electron chi connectivity index (χ3n) is 4.85. The molecule has 0 saturated carbocycles. The molecule has 2 fully saturated rings. The van der Waals surface area contributed by atoms with Crippen LogP contribution in [0.15, 0.2) is 30.3 Å². The van der Waals surface area contributed by atoms with Crippen LogP contribution >= 0.6 is 0 Å². The van der Waals surface area contributed by atoms with Crippen molar-refractivity contribution < 1.29 is 4.74 Å². The molecule has 1 aromatic carbocycles. The van der Waals surface area contributed by atoms with E-state index in [0.29, 0.717) is 0 Å². The maximum atomic E-state index is 5.47. The van der Waals surface area contributed by atoms with E-state index in [9.17, 15) is 0 Å². The second-order valence-electron chi connectivity index (χ2n) is 6.33. The van der Waals surface area contributed by atoms with E-state index < -0.39 is 0 Å². The fourth-order valence-electron chi connectivity index (χ4n) is 3.56. The summed E-state index contributed by atoms with van der Waals surface area (Å²) in [5, 5.41) is 0. The van der Waals surface area contributed by atoms with Gasteiger partial charge in [0, 0.05) is 32.2 Å². The Bertz CT molecular complexity index is 403. The number of morpholine rings is 1. The van der Waals surface area contributed by atoms with Gasteiger partial charge in [0.15, 0.2) is 0 Å². The zero-order chi connectivity index (χ0) is 14.3. The molecule has 0 radical (unpaired) electrons. The third kappa shape index (κ3) is 4.53. The first-order chi connectivity index (χ1) is 10.4. The summed E-state index contributed by atoms with van der Waals surface area (Å²) in [4.78, 5) is 5.32. The molecule has 116 valence electrons. The zero-order valence-corrected chi connectivity index (χ0v) is 13.0. The van der Waals surface area contributed by atoms with Crippen LogP contribution in [0.4, 0.5) is 0 Å². The normalized spacial score (nSPS) is 25.0. The number of nitrogens with zero attached hydrogens (tertiary/aromatic N) is 2. The molecule has 1 atom stereocenters. The van der Waals surface area contributed by atoms with Gasteiger partial charge in [0.25, 0.3) is 0 Å². The summed E-state index contributed by atoms with van der Waals surface area (Å²) in [6.45, 7) is 7.78. The molecule has 3 heteroatoms. The Hall–Kier alpha value is -0.900. The van der Waals surface area contributed by atoms with E-state index in [2.05, 4.69) is 40.1 Å². The van der Waals surface area contributed by atoms with Gasteiger partial charge in [-0.2, -0.15) is 0 Å². The first-order valence-corrected chi connectivity index (χ1v) is 8.50. The molecule has 2 aliphatic heterocycles. The molecule has 2 heterocycles. The summed E-state index contributed by atoms with van der Waals surface area (Å²) in [6.07, 6.45) is 5.32. The minimum absolute atomic E-state index is 0.751. The lowest BCUT2D eigenvalue weighted by Gasteiger charge is -2.39. The average molecular weight is 288 g/mol. The predicted octanol–water partition coefficient (Wildman–Crippen LogP) is 2.42. The second kappa shape index (κ2) is 7.92. The highest BCUT2D eigenvalue weighted by molar-refractivity contribution is 5.14. The highest BCUT2D eigenvalue weighted by Crippen LogP contribution is 2.19. The van der Waals surface area contributed by atoms with Gasteiger partial charge in [0.1, 0.15) is 0 Å². The number of likely N-dealkylation sites (tertiary alicyclic amines) is 1. The largest absolute Gasteiger partial charge is 0.379 e. The molecule has 0 spiro atoms. The SMILES string of the molecule is c1ccc(CCN2CCCCC2CN2CCOCC2)cc1. The molecule has 0 amide bonds. The van der Waals surface area contributed by atoms with Gasteiger partial charge in [-0.1, -0.05) is 36.8 Å². The Morgan fingerprint density at radius 1 is 1.00 bits per heavy atom. The fraction of sp³-hybridized carbons (Fsp3) is 0.667. The molecular weight excluding hydrogens is 260 g/mol. The maximum Gasteiger partial charge on any atom is 0.0594 e. The maximum absolute atomic E-state index is 5.47. The smallest absolute Gasteiger partial charge is 0.0594 e. The van der Waals surface area contributed by atoms with Crippen molar-refractivity contribution in [1.29, 1.82) is 0 Å². The number of hydrogen-bond donors (Lipinski definition) is 0. The lowest BCUT2D eigenvalue weighted by molar-refractivity contribution is 0.0169. The topological polar surface area (TPSA) is 15.7 Å². The second-order valence-corrected chi connectivity index (χ2v) is 6.33. The Morgan fingerprint density at radius 3 is 2.62 bits per heavy atom. The van der Waals surface area contributed by atoms with Gasteiger partial charge < -0.3 is 4.74 Å². The third-order valence-corrected chi connectivity index (χ3v) is 4.85. The highest BCUT2D eigenvalue weighted by Gasteiger charge is 2.24.